The molecule has 0 radical (unpaired) electrons. The first-order valence-corrected chi connectivity index (χ1v) is 8.04. The van der Waals surface area contributed by atoms with Gasteiger partial charge < -0.3 is 20.3 Å². The maximum atomic E-state index is 12.1. The highest BCUT2D eigenvalue weighted by molar-refractivity contribution is 6.40. The van der Waals surface area contributed by atoms with Crippen molar-refractivity contribution < 1.29 is 14.7 Å². The van der Waals surface area contributed by atoms with Crippen LogP contribution in [0.15, 0.2) is 42.7 Å². The van der Waals surface area contributed by atoms with Gasteiger partial charge >= 0.3 is 11.8 Å². The van der Waals surface area contributed by atoms with Crippen molar-refractivity contribution in [2.45, 2.75) is 25.8 Å². The molecule has 24 heavy (non-hydrogen) atoms. The molecule has 128 valence electrons. The van der Waals surface area contributed by atoms with Crippen molar-refractivity contribution in [3.63, 3.8) is 0 Å². The van der Waals surface area contributed by atoms with E-state index in [1.165, 1.54) is 0 Å². The molecule has 0 aliphatic rings. The number of carbonyl (C=O) groups excluding carboxylic acids is 2. The van der Waals surface area contributed by atoms with E-state index in [2.05, 4.69) is 10.6 Å². The second-order valence-electron chi connectivity index (χ2n) is 5.45. The molecule has 0 bridgehead atoms. The Bertz CT molecular complexity index is 701. The molecule has 1 aromatic heterocycles. The van der Waals surface area contributed by atoms with Crippen LogP contribution in [0.25, 0.3) is 5.69 Å². The number of hydrogen-bond donors (Lipinski definition) is 3. The summed E-state index contributed by atoms with van der Waals surface area (Å²) in [4.78, 5) is 24.1. The third kappa shape index (κ3) is 4.84. The summed E-state index contributed by atoms with van der Waals surface area (Å²) in [5, 5.41) is 14.5. The maximum Gasteiger partial charge on any atom is 0.313 e. The van der Waals surface area contributed by atoms with Crippen LogP contribution >= 0.6 is 11.6 Å². The number of aromatic nitrogens is 1. The summed E-state index contributed by atoms with van der Waals surface area (Å²) in [5.41, 5.74) is 1.15. The van der Waals surface area contributed by atoms with E-state index in [1.807, 2.05) is 24.5 Å². The largest absolute Gasteiger partial charge is 0.396 e. The van der Waals surface area contributed by atoms with E-state index < -0.39 is 11.8 Å². The summed E-state index contributed by atoms with van der Waals surface area (Å²) in [7, 11) is 0. The molecule has 1 aromatic carbocycles. The minimum Gasteiger partial charge on any atom is -0.396 e. The third-order valence-electron chi connectivity index (χ3n) is 3.47. The summed E-state index contributed by atoms with van der Waals surface area (Å²) in [6.07, 6.45) is 4.81. The smallest absolute Gasteiger partial charge is 0.313 e. The average molecular weight is 350 g/mol. The van der Waals surface area contributed by atoms with E-state index in [9.17, 15) is 9.59 Å². The lowest BCUT2D eigenvalue weighted by atomic mass is 10.2. The molecule has 2 amide bonds. The number of hydrogen-bond acceptors (Lipinski definition) is 3. The molecule has 2 aromatic rings. The van der Waals surface area contributed by atoms with Gasteiger partial charge in [0.1, 0.15) is 0 Å². The topological polar surface area (TPSA) is 83.4 Å². The van der Waals surface area contributed by atoms with E-state index in [0.29, 0.717) is 29.2 Å². The first kappa shape index (κ1) is 18.0. The van der Waals surface area contributed by atoms with Crippen LogP contribution in [0, 0.1) is 0 Å². The van der Waals surface area contributed by atoms with Crippen LogP contribution in [0.5, 0.6) is 0 Å². The number of nitrogens with zero attached hydrogens (tertiary/aromatic N) is 1. The summed E-state index contributed by atoms with van der Waals surface area (Å²) in [6, 6.07) is 8.51. The van der Waals surface area contributed by atoms with Gasteiger partial charge in [-0.15, -0.1) is 0 Å². The Morgan fingerprint density at radius 1 is 1.25 bits per heavy atom. The Labute approximate surface area is 145 Å². The average Bonchev–Trinajstić information content (AvgIpc) is 3.08. The number of aliphatic hydroxyl groups excluding tert-OH is 1. The van der Waals surface area contributed by atoms with Crippen LogP contribution < -0.4 is 10.6 Å². The Balaban J connectivity index is 2.08. The number of nitrogens with one attached hydrogen (secondary N) is 2. The molecular formula is C17H20ClN3O3. The van der Waals surface area contributed by atoms with Gasteiger partial charge in [0.25, 0.3) is 0 Å². The van der Waals surface area contributed by atoms with Crippen LogP contribution in [0.4, 0.5) is 5.69 Å². The lowest BCUT2D eigenvalue weighted by Gasteiger charge is -2.15. The molecule has 0 fully saturated rings. The fourth-order valence-corrected chi connectivity index (χ4v) is 2.42. The van der Waals surface area contributed by atoms with Crippen LogP contribution in [0.2, 0.25) is 5.02 Å². The minimum absolute atomic E-state index is 0.0530. The zero-order valence-corrected chi connectivity index (χ0v) is 14.1. The molecule has 6 nitrogen and oxygen atoms in total. The summed E-state index contributed by atoms with van der Waals surface area (Å²) >= 11 is 6.02. The molecule has 0 saturated carbocycles. The molecule has 0 aliphatic carbocycles. The highest BCUT2D eigenvalue weighted by Crippen LogP contribution is 2.24. The van der Waals surface area contributed by atoms with Gasteiger partial charge in [-0.1, -0.05) is 11.6 Å². The quantitative estimate of drug-likeness (QED) is 0.700. The van der Waals surface area contributed by atoms with Gasteiger partial charge in [0.15, 0.2) is 0 Å². The van der Waals surface area contributed by atoms with Crippen LogP contribution in [-0.4, -0.2) is 34.1 Å². The normalized spacial score (nSPS) is 11.8. The van der Waals surface area contributed by atoms with E-state index >= 15 is 0 Å². The van der Waals surface area contributed by atoms with Crippen molar-refractivity contribution in [3.05, 3.63) is 47.7 Å². The van der Waals surface area contributed by atoms with Gasteiger partial charge in [-0.05, 0) is 50.1 Å². The SMILES string of the molecule is CC(CCCO)NC(=O)C(=O)Nc1ccc(Cl)cc1-n1cccc1. The van der Waals surface area contributed by atoms with Gasteiger partial charge in [0, 0.05) is 30.1 Å². The van der Waals surface area contributed by atoms with Crippen molar-refractivity contribution in [1.82, 2.24) is 9.88 Å². The van der Waals surface area contributed by atoms with Crippen molar-refractivity contribution in [1.29, 1.82) is 0 Å². The second-order valence-corrected chi connectivity index (χ2v) is 5.88. The summed E-state index contributed by atoms with van der Waals surface area (Å²) in [5.74, 6) is -1.46. The Kier molecular flexibility index (Phi) is 6.40. The van der Waals surface area contributed by atoms with Crippen molar-refractivity contribution in [2.75, 3.05) is 11.9 Å². The maximum absolute atomic E-state index is 12.1. The number of benzene rings is 1. The number of rotatable bonds is 6. The van der Waals surface area contributed by atoms with Gasteiger partial charge in [0.2, 0.25) is 0 Å². The molecule has 3 N–H and O–H groups in total. The highest BCUT2D eigenvalue weighted by atomic mass is 35.5. The lowest BCUT2D eigenvalue weighted by Crippen LogP contribution is -2.40. The van der Waals surface area contributed by atoms with E-state index in [-0.39, 0.29) is 12.6 Å². The van der Waals surface area contributed by atoms with Gasteiger partial charge in [0.05, 0.1) is 11.4 Å². The Morgan fingerprint density at radius 2 is 1.96 bits per heavy atom. The van der Waals surface area contributed by atoms with Crippen LogP contribution in [0.3, 0.4) is 0 Å². The monoisotopic (exact) mass is 349 g/mol. The number of halogens is 1. The fraction of sp³-hybridized carbons (Fsp3) is 0.294. The fourth-order valence-electron chi connectivity index (χ4n) is 2.26. The lowest BCUT2D eigenvalue weighted by molar-refractivity contribution is -0.136. The molecule has 0 spiro atoms. The first-order valence-electron chi connectivity index (χ1n) is 7.67. The van der Waals surface area contributed by atoms with Crippen molar-refractivity contribution in [3.8, 4) is 5.69 Å². The van der Waals surface area contributed by atoms with E-state index in [4.69, 9.17) is 16.7 Å². The number of aliphatic hydroxyl groups is 1. The molecule has 1 heterocycles. The van der Waals surface area contributed by atoms with Crippen LogP contribution in [0.1, 0.15) is 19.8 Å². The minimum atomic E-state index is -0.749. The molecule has 1 unspecified atom stereocenters. The standard InChI is InChI=1S/C17H20ClN3O3/c1-12(5-4-10-22)19-16(23)17(24)20-14-7-6-13(18)11-15(14)21-8-2-3-9-21/h2-3,6-9,11-12,22H,4-5,10H2,1H3,(H,19,23)(H,20,24). The Hall–Kier alpha value is -2.31. The number of amides is 2. The number of anilines is 1. The molecular weight excluding hydrogens is 330 g/mol. The molecule has 0 saturated heterocycles. The predicted octanol–water partition coefficient (Wildman–Crippen LogP) is 2.35. The second kappa shape index (κ2) is 8.52. The van der Waals surface area contributed by atoms with Crippen molar-refractivity contribution >= 4 is 29.1 Å². The van der Waals surface area contributed by atoms with E-state index in [1.54, 1.807) is 29.7 Å². The summed E-state index contributed by atoms with van der Waals surface area (Å²) in [6.45, 7) is 1.84. The van der Waals surface area contributed by atoms with Crippen molar-refractivity contribution in [2.24, 2.45) is 0 Å². The van der Waals surface area contributed by atoms with Gasteiger partial charge in [-0.25, -0.2) is 0 Å². The Morgan fingerprint density at radius 3 is 2.62 bits per heavy atom. The molecule has 1 atom stereocenters. The van der Waals surface area contributed by atoms with Gasteiger partial charge in [-0.3, -0.25) is 9.59 Å². The zero-order valence-electron chi connectivity index (χ0n) is 13.3. The zero-order chi connectivity index (χ0) is 17.5. The molecule has 7 heteroatoms. The third-order valence-corrected chi connectivity index (χ3v) is 3.70. The highest BCUT2D eigenvalue weighted by Gasteiger charge is 2.18. The first-order chi connectivity index (χ1) is 11.5. The van der Waals surface area contributed by atoms with Gasteiger partial charge in [-0.2, -0.15) is 0 Å². The predicted molar refractivity (Wildman–Crippen MR) is 93.3 cm³/mol. The van der Waals surface area contributed by atoms with E-state index in [0.717, 1.165) is 0 Å². The summed E-state index contributed by atoms with van der Waals surface area (Å²) < 4.78 is 1.79. The molecule has 2 rings (SSSR count). The number of carbonyl (C=O) groups is 2. The van der Waals surface area contributed by atoms with Crippen LogP contribution in [-0.2, 0) is 9.59 Å². The molecule has 0 aliphatic heterocycles.